The molecule has 0 unspecified atom stereocenters. The minimum atomic E-state index is -0.0565. The van der Waals surface area contributed by atoms with Crippen LogP contribution < -0.4 is 4.90 Å². The van der Waals surface area contributed by atoms with Gasteiger partial charge in [-0.3, -0.25) is 0 Å². The zero-order valence-corrected chi connectivity index (χ0v) is 33.3. The number of anilines is 3. The van der Waals surface area contributed by atoms with Gasteiger partial charge in [-0.1, -0.05) is 141 Å². The first-order valence-electron chi connectivity index (χ1n) is 20.4. The van der Waals surface area contributed by atoms with Gasteiger partial charge < -0.3 is 4.90 Å². The lowest BCUT2D eigenvalue weighted by molar-refractivity contribution is 0.660. The molecule has 0 aliphatic heterocycles. The normalized spacial score (nSPS) is 13.0. The molecule has 276 valence electrons. The van der Waals surface area contributed by atoms with E-state index in [1.54, 1.807) is 0 Å². The Kier molecular flexibility index (Phi) is 7.72. The molecule has 0 heterocycles. The fourth-order valence-electron chi connectivity index (χ4n) is 9.82. The van der Waals surface area contributed by atoms with E-state index in [1.807, 2.05) is 0 Å². The summed E-state index contributed by atoms with van der Waals surface area (Å²) in [7, 11) is 0. The fourth-order valence-corrected chi connectivity index (χ4v) is 9.82. The summed E-state index contributed by atoms with van der Waals surface area (Å²) in [6, 6.07) is 70.3. The van der Waals surface area contributed by atoms with E-state index < -0.39 is 0 Å². The molecule has 0 fully saturated rings. The van der Waals surface area contributed by atoms with E-state index in [0.29, 0.717) is 0 Å². The van der Waals surface area contributed by atoms with Crippen molar-refractivity contribution >= 4 is 60.2 Å². The minimum Gasteiger partial charge on any atom is -0.310 e. The Morgan fingerprint density at radius 2 is 0.828 bits per heavy atom. The van der Waals surface area contributed by atoms with Crippen LogP contribution in [-0.2, 0) is 5.41 Å². The lowest BCUT2D eigenvalue weighted by atomic mass is 9.81. The third-order valence-corrected chi connectivity index (χ3v) is 12.7. The summed E-state index contributed by atoms with van der Waals surface area (Å²) in [5.41, 5.74) is 16.4. The Morgan fingerprint density at radius 3 is 1.47 bits per heavy atom. The van der Waals surface area contributed by atoms with Crippen molar-refractivity contribution in [2.24, 2.45) is 0 Å². The Bertz CT molecular complexity index is 3250. The molecule has 1 aliphatic carbocycles. The van der Waals surface area contributed by atoms with Crippen LogP contribution in [0.15, 0.2) is 188 Å². The van der Waals surface area contributed by atoms with Crippen molar-refractivity contribution in [3.05, 3.63) is 210 Å². The van der Waals surface area contributed by atoms with Gasteiger partial charge in [0.1, 0.15) is 0 Å². The highest BCUT2D eigenvalue weighted by Crippen LogP contribution is 2.50. The van der Waals surface area contributed by atoms with Crippen LogP contribution in [0.4, 0.5) is 17.1 Å². The van der Waals surface area contributed by atoms with Crippen molar-refractivity contribution in [2.45, 2.75) is 33.1 Å². The van der Waals surface area contributed by atoms with E-state index in [4.69, 9.17) is 0 Å². The summed E-state index contributed by atoms with van der Waals surface area (Å²) in [4.78, 5) is 2.37. The van der Waals surface area contributed by atoms with Gasteiger partial charge in [-0.05, 0) is 173 Å². The van der Waals surface area contributed by atoms with E-state index in [0.717, 1.165) is 17.1 Å². The largest absolute Gasteiger partial charge is 0.310 e. The number of hydrogen-bond acceptors (Lipinski definition) is 1. The van der Waals surface area contributed by atoms with Crippen molar-refractivity contribution in [1.29, 1.82) is 0 Å². The molecule has 10 aromatic rings. The van der Waals surface area contributed by atoms with Gasteiger partial charge in [-0.15, -0.1) is 0 Å². The second-order valence-electron chi connectivity index (χ2n) is 16.7. The first kappa shape index (κ1) is 34.3. The summed E-state index contributed by atoms with van der Waals surface area (Å²) < 4.78 is 0. The first-order chi connectivity index (χ1) is 28.3. The van der Waals surface area contributed by atoms with E-state index in [9.17, 15) is 0 Å². The van der Waals surface area contributed by atoms with Crippen molar-refractivity contribution in [3.63, 3.8) is 0 Å². The van der Waals surface area contributed by atoms with E-state index >= 15 is 0 Å². The monoisotopic (exact) mass is 741 g/mol. The maximum absolute atomic E-state index is 2.46. The molecule has 0 radical (unpaired) electrons. The topological polar surface area (TPSA) is 3.24 Å². The van der Waals surface area contributed by atoms with Gasteiger partial charge in [0.2, 0.25) is 0 Å². The van der Waals surface area contributed by atoms with Crippen LogP contribution in [0, 0.1) is 13.8 Å². The number of nitrogens with zero attached hydrogens (tertiary/aromatic N) is 1. The fraction of sp³-hybridized carbons (Fsp3) is 0.0877. The number of benzene rings is 10. The highest BCUT2D eigenvalue weighted by atomic mass is 15.1. The van der Waals surface area contributed by atoms with Crippen LogP contribution in [0.5, 0.6) is 0 Å². The second-order valence-corrected chi connectivity index (χ2v) is 16.7. The zero-order valence-electron chi connectivity index (χ0n) is 33.3. The third kappa shape index (κ3) is 5.38. The van der Waals surface area contributed by atoms with E-state index in [1.165, 1.54) is 98.7 Å². The molecule has 0 amide bonds. The van der Waals surface area contributed by atoms with Crippen LogP contribution in [-0.4, -0.2) is 0 Å². The van der Waals surface area contributed by atoms with Crippen LogP contribution in [0.2, 0.25) is 0 Å². The van der Waals surface area contributed by atoms with Gasteiger partial charge in [0.15, 0.2) is 0 Å². The van der Waals surface area contributed by atoms with Gasteiger partial charge in [0.05, 0.1) is 0 Å². The third-order valence-electron chi connectivity index (χ3n) is 12.7. The number of hydrogen-bond donors (Lipinski definition) is 0. The molecule has 58 heavy (non-hydrogen) atoms. The molecule has 0 bridgehead atoms. The summed E-state index contributed by atoms with van der Waals surface area (Å²) in [5.74, 6) is 0. The average molecular weight is 742 g/mol. The lowest BCUT2D eigenvalue weighted by Gasteiger charge is -2.26. The molecule has 0 spiro atoms. The molecular weight excluding hydrogens is 699 g/mol. The van der Waals surface area contributed by atoms with Crippen molar-refractivity contribution < 1.29 is 0 Å². The smallest absolute Gasteiger partial charge is 0.0468 e. The van der Waals surface area contributed by atoms with Crippen LogP contribution in [0.1, 0.15) is 36.1 Å². The van der Waals surface area contributed by atoms with E-state index in [-0.39, 0.29) is 5.41 Å². The average Bonchev–Trinajstić information content (AvgIpc) is 3.48. The molecule has 1 nitrogen and oxygen atoms in total. The van der Waals surface area contributed by atoms with Crippen LogP contribution in [0.25, 0.3) is 76.5 Å². The highest BCUT2D eigenvalue weighted by molar-refractivity contribution is 6.24. The molecule has 0 N–H and O–H groups in total. The van der Waals surface area contributed by atoms with Crippen LogP contribution >= 0.6 is 0 Å². The van der Waals surface area contributed by atoms with Gasteiger partial charge in [-0.25, -0.2) is 0 Å². The van der Waals surface area contributed by atoms with Gasteiger partial charge >= 0.3 is 0 Å². The molecule has 10 aromatic carbocycles. The molecule has 1 heteroatoms. The lowest BCUT2D eigenvalue weighted by Crippen LogP contribution is -2.14. The predicted octanol–water partition coefficient (Wildman–Crippen LogP) is 16.0. The molecular formula is C57H43N. The number of rotatable bonds is 5. The Balaban J connectivity index is 1.06. The second kappa shape index (κ2) is 13.0. The minimum absolute atomic E-state index is 0.0565. The first-order valence-corrected chi connectivity index (χ1v) is 20.4. The Hall–Kier alpha value is -6.96. The SMILES string of the molecule is Cc1cccc(N(c2cccc(C)c2)c2ccc3cc(-c4cc5c6ccccc6c(-c6ccc7c(c6)C(C)(C)c6ccccc6-7)cc5c5ccccc45)ccc3c2)c1. The zero-order chi connectivity index (χ0) is 39.1. The number of fused-ring (bicyclic) bond motifs is 9. The van der Waals surface area contributed by atoms with Gasteiger partial charge in [0.25, 0.3) is 0 Å². The maximum atomic E-state index is 2.46. The standard InChI is InChI=1S/C57H43N/c1-36-13-11-15-42(29-36)58(43-16-12-14-37(2)30-43)44-27-25-38-31-40(24-23-39(38)32-44)51-34-53-48-20-8-6-18-46(48)52(35-54(53)47-19-7-5-17-45(47)51)41-26-28-50-49-21-9-10-22-55(49)57(3,4)56(50)33-41/h5-35H,1-4H3. The molecule has 11 rings (SSSR count). The molecule has 0 atom stereocenters. The van der Waals surface area contributed by atoms with Gasteiger partial charge in [0, 0.05) is 22.5 Å². The maximum Gasteiger partial charge on any atom is 0.0468 e. The van der Waals surface area contributed by atoms with Crippen LogP contribution in [0.3, 0.4) is 0 Å². The summed E-state index contributed by atoms with van der Waals surface area (Å²) in [5, 5.41) is 10.1. The van der Waals surface area contributed by atoms with Gasteiger partial charge in [-0.2, -0.15) is 0 Å². The van der Waals surface area contributed by atoms with Crippen molar-refractivity contribution in [1.82, 2.24) is 0 Å². The molecule has 0 aromatic heterocycles. The molecule has 1 aliphatic rings. The number of aryl methyl sites for hydroxylation is 2. The summed E-state index contributed by atoms with van der Waals surface area (Å²) >= 11 is 0. The summed E-state index contributed by atoms with van der Waals surface area (Å²) in [6.07, 6.45) is 0. The predicted molar refractivity (Wildman–Crippen MR) is 249 cm³/mol. The highest BCUT2D eigenvalue weighted by Gasteiger charge is 2.35. The Morgan fingerprint density at radius 1 is 0.328 bits per heavy atom. The molecule has 0 saturated carbocycles. The van der Waals surface area contributed by atoms with Crippen molar-refractivity contribution in [3.8, 4) is 33.4 Å². The summed E-state index contributed by atoms with van der Waals surface area (Å²) in [6.45, 7) is 9.05. The quantitative estimate of drug-likeness (QED) is 0.159. The Labute approximate surface area is 340 Å². The molecule has 0 saturated heterocycles. The van der Waals surface area contributed by atoms with E-state index in [2.05, 4.69) is 221 Å². The van der Waals surface area contributed by atoms with Crippen molar-refractivity contribution in [2.75, 3.05) is 4.90 Å².